The van der Waals surface area contributed by atoms with Gasteiger partial charge in [0.1, 0.15) is 0 Å². The average molecular weight is 320 g/mol. The van der Waals surface area contributed by atoms with Gasteiger partial charge in [-0.15, -0.1) is 0 Å². The van der Waals surface area contributed by atoms with Crippen molar-refractivity contribution in [2.24, 2.45) is 11.8 Å². The molecule has 1 aromatic rings. The zero-order valence-corrected chi connectivity index (χ0v) is 13.6. The largest absolute Gasteiger partial charge is 0.379 e. The van der Waals surface area contributed by atoms with Crippen LogP contribution in [0.3, 0.4) is 0 Å². The molecule has 1 aromatic heterocycles. The number of hydrogen-bond donors (Lipinski definition) is 1. The van der Waals surface area contributed by atoms with Crippen molar-refractivity contribution in [1.29, 1.82) is 0 Å². The summed E-state index contributed by atoms with van der Waals surface area (Å²) >= 11 is 0. The second-order valence-electron chi connectivity index (χ2n) is 7.24. The maximum atomic E-state index is 13.0. The Morgan fingerprint density at radius 2 is 1.87 bits per heavy atom. The van der Waals surface area contributed by atoms with E-state index in [1.165, 1.54) is 38.1 Å². The van der Waals surface area contributed by atoms with E-state index in [0.29, 0.717) is 11.9 Å². The molecule has 5 atom stereocenters. The zero-order chi connectivity index (χ0) is 15.8. The first kappa shape index (κ1) is 15.3. The number of halogens is 1. The smallest absolute Gasteiger partial charge is 0.225 e. The Balaban J connectivity index is 1.44. The molecule has 0 aromatic carbocycles. The Labute approximate surface area is 136 Å². The minimum absolute atomic E-state index is 0.208. The number of fused-ring (bicyclic) bond motifs is 2. The second-order valence-corrected chi connectivity index (χ2v) is 7.24. The molecule has 3 aliphatic rings. The first-order valence-electron chi connectivity index (χ1n) is 8.74. The van der Waals surface area contributed by atoms with Gasteiger partial charge in [-0.05, 0) is 43.9 Å². The van der Waals surface area contributed by atoms with Crippen LogP contribution in [-0.4, -0.2) is 48.4 Å². The highest BCUT2D eigenvalue weighted by Gasteiger charge is 2.41. The van der Waals surface area contributed by atoms with Gasteiger partial charge in [0.05, 0.1) is 18.5 Å². The fraction of sp³-hybridized carbons (Fsp3) is 0.765. The van der Waals surface area contributed by atoms with Crippen LogP contribution in [0, 0.1) is 17.7 Å². The van der Waals surface area contributed by atoms with E-state index < -0.39 is 5.82 Å². The van der Waals surface area contributed by atoms with E-state index in [0.717, 1.165) is 37.5 Å². The number of anilines is 1. The molecule has 3 aliphatic heterocycles. The van der Waals surface area contributed by atoms with Crippen LogP contribution in [-0.2, 0) is 4.74 Å². The molecular formula is C17H25FN4O. The minimum Gasteiger partial charge on any atom is -0.379 e. The lowest BCUT2D eigenvalue weighted by Crippen LogP contribution is -2.50. The summed E-state index contributed by atoms with van der Waals surface area (Å²) in [6, 6.07) is 1.43. The average Bonchev–Trinajstić information content (AvgIpc) is 2.93. The Bertz CT molecular complexity index is 528. The number of piperidine rings is 2. The van der Waals surface area contributed by atoms with Crippen molar-refractivity contribution < 1.29 is 9.13 Å². The van der Waals surface area contributed by atoms with Gasteiger partial charge >= 0.3 is 0 Å². The summed E-state index contributed by atoms with van der Waals surface area (Å²) in [7, 11) is 1.81. The molecule has 3 fully saturated rings. The van der Waals surface area contributed by atoms with E-state index in [9.17, 15) is 4.39 Å². The number of nitrogens with one attached hydrogen (secondary N) is 1. The normalized spacial score (nSPS) is 37.1. The number of aromatic nitrogens is 2. The van der Waals surface area contributed by atoms with Crippen molar-refractivity contribution in [3.63, 3.8) is 0 Å². The van der Waals surface area contributed by atoms with Crippen LogP contribution in [0.25, 0.3) is 0 Å². The Morgan fingerprint density at radius 3 is 2.52 bits per heavy atom. The molecular weight excluding hydrogens is 295 g/mol. The minimum atomic E-state index is -0.392. The van der Waals surface area contributed by atoms with E-state index in [-0.39, 0.29) is 6.10 Å². The highest BCUT2D eigenvalue weighted by Crippen LogP contribution is 2.40. The highest BCUT2D eigenvalue weighted by molar-refractivity contribution is 5.30. The van der Waals surface area contributed by atoms with E-state index in [1.54, 1.807) is 0 Å². The van der Waals surface area contributed by atoms with Crippen LogP contribution in [0.2, 0.25) is 0 Å². The summed E-state index contributed by atoms with van der Waals surface area (Å²) in [5, 5.41) is 3.73. The van der Waals surface area contributed by atoms with Crippen LogP contribution in [0.15, 0.2) is 12.4 Å². The molecule has 0 spiro atoms. The second kappa shape index (κ2) is 6.32. The van der Waals surface area contributed by atoms with Gasteiger partial charge in [-0.3, -0.25) is 0 Å². The topological polar surface area (TPSA) is 50.3 Å². The van der Waals surface area contributed by atoms with Gasteiger partial charge in [0.15, 0.2) is 5.82 Å². The molecule has 0 radical (unpaired) electrons. The van der Waals surface area contributed by atoms with Crippen molar-refractivity contribution in [2.75, 3.05) is 25.1 Å². The molecule has 5 nitrogen and oxygen atoms in total. The molecule has 23 heavy (non-hydrogen) atoms. The third kappa shape index (κ3) is 3.06. The lowest BCUT2D eigenvalue weighted by Gasteiger charge is -2.43. The van der Waals surface area contributed by atoms with Crippen molar-refractivity contribution in [1.82, 2.24) is 15.3 Å². The van der Waals surface area contributed by atoms with E-state index in [4.69, 9.17) is 4.74 Å². The number of rotatable bonds is 3. The number of hydrogen-bond acceptors (Lipinski definition) is 5. The van der Waals surface area contributed by atoms with Crippen LogP contribution >= 0.6 is 0 Å². The first-order valence-corrected chi connectivity index (χ1v) is 8.74. The molecule has 2 bridgehead atoms. The van der Waals surface area contributed by atoms with E-state index in [2.05, 4.69) is 20.2 Å². The fourth-order valence-electron chi connectivity index (χ4n) is 4.82. The summed E-state index contributed by atoms with van der Waals surface area (Å²) in [4.78, 5) is 10.4. The van der Waals surface area contributed by atoms with Crippen molar-refractivity contribution in [3.05, 3.63) is 18.2 Å². The van der Waals surface area contributed by atoms with Gasteiger partial charge < -0.3 is 15.0 Å². The van der Waals surface area contributed by atoms with E-state index in [1.807, 2.05) is 7.11 Å². The molecule has 4 heterocycles. The molecule has 3 saturated heterocycles. The molecule has 0 saturated carbocycles. The quantitative estimate of drug-likeness (QED) is 0.923. The first-order chi connectivity index (χ1) is 11.2. The Morgan fingerprint density at radius 1 is 1.17 bits per heavy atom. The maximum absolute atomic E-state index is 13.0. The molecule has 4 rings (SSSR count). The lowest BCUT2D eigenvalue weighted by atomic mass is 9.75. The van der Waals surface area contributed by atoms with Gasteiger partial charge in [-0.1, -0.05) is 0 Å². The maximum Gasteiger partial charge on any atom is 0.225 e. The molecule has 1 N–H and O–H groups in total. The van der Waals surface area contributed by atoms with Gasteiger partial charge in [-0.2, -0.15) is 0 Å². The highest BCUT2D eigenvalue weighted by atomic mass is 19.1. The standard InChI is InChI=1S/C17H25FN4O/c1-23-16-10-22(17-19-8-12(18)9-20-17)5-4-15(16)11-6-13-2-3-14(7-11)21-13/h8-9,11,13-16,21H,2-7,10H2,1H3/t11?,13-,14+,15-,16-/m1/s1. The fourth-order valence-corrected chi connectivity index (χ4v) is 4.82. The Kier molecular flexibility index (Phi) is 4.20. The van der Waals surface area contributed by atoms with Gasteiger partial charge in [0.2, 0.25) is 5.95 Å². The predicted octanol–water partition coefficient (Wildman–Crippen LogP) is 1.99. The molecule has 1 unspecified atom stereocenters. The number of ether oxygens (including phenoxy) is 1. The molecule has 6 heteroatoms. The van der Waals surface area contributed by atoms with Crippen LogP contribution in [0.1, 0.15) is 32.1 Å². The number of methoxy groups -OCH3 is 1. The third-order valence-corrected chi connectivity index (χ3v) is 5.92. The molecule has 0 amide bonds. The summed E-state index contributed by atoms with van der Waals surface area (Å²) in [6.07, 6.45) is 9.02. The lowest BCUT2D eigenvalue weighted by molar-refractivity contribution is 0.00470. The van der Waals surface area contributed by atoms with Gasteiger partial charge in [0, 0.05) is 32.3 Å². The predicted molar refractivity (Wildman–Crippen MR) is 85.8 cm³/mol. The van der Waals surface area contributed by atoms with Crippen LogP contribution in [0.5, 0.6) is 0 Å². The van der Waals surface area contributed by atoms with Crippen molar-refractivity contribution in [3.8, 4) is 0 Å². The van der Waals surface area contributed by atoms with Gasteiger partial charge in [-0.25, -0.2) is 14.4 Å². The zero-order valence-electron chi connectivity index (χ0n) is 13.6. The molecule has 0 aliphatic carbocycles. The summed E-state index contributed by atoms with van der Waals surface area (Å²) in [5.41, 5.74) is 0. The molecule has 126 valence electrons. The summed E-state index contributed by atoms with van der Waals surface area (Å²) in [6.45, 7) is 1.72. The SMILES string of the molecule is CO[C@@H]1CN(c2ncc(F)cn2)CC[C@@H]1C1C[C@H]2CC[C@@H](C1)N2. The Hall–Kier alpha value is -1.27. The van der Waals surface area contributed by atoms with E-state index >= 15 is 0 Å². The number of nitrogens with zero attached hydrogens (tertiary/aromatic N) is 3. The van der Waals surface area contributed by atoms with Crippen LogP contribution in [0.4, 0.5) is 10.3 Å². The monoisotopic (exact) mass is 320 g/mol. The summed E-state index contributed by atoms with van der Waals surface area (Å²) in [5.74, 6) is 1.59. The third-order valence-electron chi connectivity index (χ3n) is 5.92. The van der Waals surface area contributed by atoms with Gasteiger partial charge in [0.25, 0.3) is 0 Å². The van der Waals surface area contributed by atoms with Crippen molar-refractivity contribution in [2.45, 2.75) is 50.3 Å². The van der Waals surface area contributed by atoms with Crippen LogP contribution < -0.4 is 10.2 Å². The van der Waals surface area contributed by atoms with Crippen molar-refractivity contribution >= 4 is 5.95 Å². The summed E-state index contributed by atoms with van der Waals surface area (Å²) < 4.78 is 18.8.